The van der Waals surface area contributed by atoms with Crippen molar-refractivity contribution < 1.29 is 4.79 Å². The molecule has 4 nitrogen and oxygen atoms in total. The van der Waals surface area contributed by atoms with Crippen LogP contribution in [-0.4, -0.2) is 12.1 Å². The molecule has 0 atom stereocenters. The number of aliphatic imine (C=N–C) groups is 3. The quantitative estimate of drug-likeness (QED) is 0.597. The van der Waals surface area contributed by atoms with Crippen molar-refractivity contribution in [1.82, 2.24) is 0 Å². The molecule has 0 saturated carbocycles. The number of isocyanates is 1. The molecule has 0 heterocycles. The van der Waals surface area contributed by atoms with Crippen molar-refractivity contribution in [2.75, 3.05) is 0 Å². The summed E-state index contributed by atoms with van der Waals surface area (Å²) in [6.07, 6.45) is 1.53. The fourth-order valence-corrected chi connectivity index (χ4v) is 1.67. The molecule has 0 unspecified atom stereocenters. The molecule has 2 rings (SSSR count). The van der Waals surface area contributed by atoms with Crippen LogP contribution in [0.15, 0.2) is 57.4 Å². The van der Waals surface area contributed by atoms with E-state index in [2.05, 4.69) is 21.0 Å². The van der Waals surface area contributed by atoms with Crippen LogP contribution >= 0.6 is 0 Å². The van der Waals surface area contributed by atoms with Crippen LogP contribution in [0.4, 0.5) is 17.1 Å². The molecule has 2 aromatic rings. The van der Waals surface area contributed by atoms with Crippen LogP contribution in [0.1, 0.15) is 11.1 Å². The smallest absolute Gasteiger partial charge is 0.211 e. The van der Waals surface area contributed by atoms with Crippen LogP contribution in [0.25, 0.3) is 0 Å². The predicted molar refractivity (Wildman–Crippen MR) is 79.3 cm³/mol. The number of hydrogen-bond acceptors (Lipinski definition) is 4. The maximum atomic E-state index is 10.3. The van der Waals surface area contributed by atoms with Crippen molar-refractivity contribution in [1.29, 1.82) is 0 Å². The second-order valence-electron chi connectivity index (χ2n) is 4.34. The third-order valence-corrected chi connectivity index (χ3v) is 2.72. The van der Waals surface area contributed by atoms with E-state index in [9.17, 15) is 4.79 Å². The molecule has 0 saturated heterocycles. The summed E-state index contributed by atoms with van der Waals surface area (Å²) in [6.45, 7) is 3.87. The number of carbonyl (C=O) groups excluding carboxylic acids is 1. The highest BCUT2D eigenvalue weighted by Crippen LogP contribution is 2.24. The molecular weight excluding hydrogens is 250 g/mol. The highest BCUT2D eigenvalue weighted by Gasteiger charge is 1.97. The van der Waals surface area contributed by atoms with Gasteiger partial charge in [-0.3, -0.25) is 0 Å². The summed E-state index contributed by atoms with van der Waals surface area (Å²) in [7, 11) is 0. The third-order valence-electron chi connectivity index (χ3n) is 2.72. The summed E-state index contributed by atoms with van der Waals surface area (Å²) in [5, 5.41) is 0. The standard InChI is InChI=1S/C16H13N3O/c1-12-4-3-5-14(8-12)17-10-18-15-7-6-13(2)16(9-15)19-11-20/h3-9H,1-2H3. The topological polar surface area (TPSA) is 54.1 Å². The van der Waals surface area contributed by atoms with Crippen molar-refractivity contribution in [2.45, 2.75) is 13.8 Å². The van der Waals surface area contributed by atoms with E-state index in [1.807, 2.05) is 50.2 Å². The molecule has 0 N–H and O–H groups in total. The molecule has 98 valence electrons. The number of hydrogen-bond donors (Lipinski definition) is 0. The lowest BCUT2D eigenvalue weighted by atomic mass is 10.2. The van der Waals surface area contributed by atoms with E-state index in [1.54, 1.807) is 6.07 Å². The Kier molecular flexibility index (Phi) is 4.35. The Morgan fingerprint density at radius 2 is 1.65 bits per heavy atom. The van der Waals surface area contributed by atoms with Gasteiger partial charge >= 0.3 is 0 Å². The van der Waals surface area contributed by atoms with E-state index < -0.39 is 0 Å². The van der Waals surface area contributed by atoms with Gasteiger partial charge in [0, 0.05) is 0 Å². The van der Waals surface area contributed by atoms with Crippen molar-refractivity contribution in [3.63, 3.8) is 0 Å². The molecule has 0 aliphatic heterocycles. The van der Waals surface area contributed by atoms with E-state index in [-0.39, 0.29) is 0 Å². The van der Waals surface area contributed by atoms with Crippen molar-refractivity contribution in [3.05, 3.63) is 53.6 Å². The summed E-state index contributed by atoms with van der Waals surface area (Å²) in [5.41, 5.74) is 4.01. The first-order chi connectivity index (χ1) is 9.69. The maximum Gasteiger partial charge on any atom is 0.240 e. The Balaban J connectivity index is 2.27. The minimum absolute atomic E-state index is 0.554. The number of nitrogens with zero attached hydrogens (tertiary/aromatic N) is 3. The van der Waals surface area contributed by atoms with Crippen LogP contribution < -0.4 is 0 Å². The van der Waals surface area contributed by atoms with Crippen LogP contribution in [0, 0.1) is 13.8 Å². The second-order valence-corrected chi connectivity index (χ2v) is 4.34. The number of aryl methyl sites for hydroxylation is 2. The van der Waals surface area contributed by atoms with Gasteiger partial charge in [-0.15, -0.1) is 0 Å². The van der Waals surface area contributed by atoms with Gasteiger partial charge in [0.2, 0.25) is 6.08 Å². The van der Waals surface area contributed by atoms with E-state index in [0.717, 1.165) is 16.8 Å². The van der Waals surface area contributed by atoms with Gasteiger partial charge in [-0.2, -0.15) is 15.0 Å². The van der Waals surface area contributed by atoms with Gasteiger partial charge in [0.1, 0.15) is 6.01 Å². The van der Waals surface area contributed by atoms with Gasteiger partial charge in [0.15, 0.2) is 0 Å². The lowest BCUT2D eigenvalue weighted by molar-refractivity contribution is 0.565. The fourth-order valence-electron chi connectivity index (χ4n) is 1.67. The first kappa shape index (κ1) is 13.6. The van der Waals surface area contributed by atoms with E-state index in [0.29, 0.717) is 11.4 Å². The van der Waals surface area contributed by atoms with Crippen LogP contribution in [0.2, 0.25) is 0 Å². The minimum atomic E-state index is 0.554. The van der Waals surface area contributed by atoms with Crippen LogP contribution in [0.5, 0.6) is 0 Å². The van der Waals surface area contributed by atoms with Crippen molar-refractivity contribution in [2.24, 2.45) is 15.0 Å². The van der Waals surface area contributed by atoms with Crippen LogP contribution in [-0.2, 0) is 4.79 Å². The Labute approximate surface area is 117 Å². The molecule has 0 amide bonds. The Morgan fingerprint density at radius 3 is 2.35 bits per heavy atom. The molecule has 2 aromatic carbocycles. The van der Waals surface area contributed by atoms with Gasteiger partial charge in [-0.25, -0.2) is 4.79 Å². The first-order valence-electron chi connectivity index (χ1n) is 6.11. The van der Waals surface area contributed by atoms with Gasteiger partial charge in [0.25, 0.3) is 0 Å². The van der Waals surface area contributed by atoms with Gasteiger partial charge < -0.3 is 0 Å². The van der Waals surface area contributed by atoms with Gasteiger partial charge in [-0.05, 0) is 49.2 Å². The molecule has 0 aromatic heterocycles. The lowest BCUT2D eigenvalue weighted by Crippen LogP contribution is -1.73. The number of rotatable bonds is 3. The van der Waals surface area contributed by atoms with Crippen LogP contribution in [0.3, 0.4) is 0 Å². The summed E-state index contributed by atoms with van der Waals surface area (Å²) >= 11 is 0. The molecule has 0 fully saturated rings. The third kappa shape index (κ3) is 3.59. The van der Waals surface area contributed by atoms with E-state index in [4.69, 9.17) is 0 Å². The summed E-state index contributed by atoms with van der Waals surface area (Å²) in [6, 6.07) is 15.7. The summed E-state index contributed by atoms with van der Waals surface area (Å²) in [4.78, 5) is 22.2. The van der Waals surface area contributed by atoms with E-state index >= 15 is 0 Å². The molecule has 0 spiro atoms. The summed E-state index contributed by atoms with van der Waals surface area (Å²) < 4.78 is 0. The zero-order valence-corrected chi connectivity index (χ0v) is 11.3. The average molecular weight is 263 g/mol. The first-order valence-corrected chi connectivity index (χ1v) is 6.11. The highest BCUT2D eigenvalue weighted by atomic mass is 16.1. The highest BCUT2D eigenvalue weighted by molar-refractivity contribution is 5.63. The lowest BCUT2D eigenvalue weighted by Gasteiger charge is -1.97. The maximum absolute atomic E-state index is 10.3. The molecule has 0 bridgehead atoms. The van der Waals surface area contributed by atoms with Crippen molar-refractivity contribution in [3.8, 4) is 0 Å². The molecule has 0 radical (unpaired) electrons. The van der Waals surface area contributed by atoms with Crippen molar-refractivity contribution >= 4 is 29.2 Å². The molecule has 0 aliphatic rings. The minimum Gasteiger partial charge on any atom is -0.211 e. The SMILES string of the molecule is Cc1cccc(N=C=Nc2ccc(C)c(N=C=O)c2)c1. The Morgan fingerprint density at radius 1 is 0.900 bits per heavy atom. The number of benzene rings is 2. The Hall–Kier alpha value is -2.80. The predicted octanol–water partition coefficient (Wildman–Crippen LogP) is 4.41. The van der Waals surface area contributed by atoms with Gasteiger partial charge in [0.05, 0.1) is 17.1 Å². The fraction of sp³-hybridized carbons (Fsp3) is 0.125. The largest absolute Gasteiger partial charge is 0.240 e. The molecule has 20 heavy (non-hydrogen) atoms. The zero-order valence-electron chi connectivity index (χ0n) is 11.3. The molecule has 4 heteroatoms. The summed E-state index contributed by atoms with van der Waals surface area (Å²) in [5.74, 6) is 0. The van der Waals surface area contributed by atoms with Gasteiger partial charge in [-0.1, -0.05) is 18.2 Å². The Bertz CT molecular complexity index is 737. The second kappa shape index (κ2) is 6.39. The zero-order chi connectivity index (χ0) is 14.4. The average Bonchev–Trinajstić information content (AvgIpc) is 2.43. The van der Waals surface area contributed by atoms with E-state index in [1.165, 1.54) is 6.08 Å². The normalized spacial score (nSPS) is 9.30. The monoisotopic (exact) mass is 263 g/mol. The molecule has 0 aliphatic carbocycles. The molecular formula is C16H13N3O.